The Morgan fingerprint density at radius 2 is 1.40 bits per heavy atom. The monoisotopic (exact) mass is 468 g/mol. The molecular weight excluding hydrogens is 432 g/mol. The Morgan fingerprint density at radius 1 is 0.743 bits per heavy atom. The number of aromatic hydroxyl groups is 2. The summed E-state index contributed by atoms with van der Waals surface area (Å²) in [5.41, 5.74) is 7.07. The number of phenols is 2. The average Bonchev–Trinajstić information content (AvgIpc) is 3.01. The van der Waals surface area contributed by atoms with Gasteiger partial charge in [-0.15, -0.1) is 0 Å². The molecule has 4 aromatic rings. The molecule has 0 aliphatic carbocycles. The van der Waals surface area contributed by atoms with E-state index in [0.717, 1.165) is 40.7 Å². The average molecular weight is 469 g/mol. The molecule has 1 saturated heterocycles. The van der Waals surface area contributed by atoms with Crippen LogP contribution < -0.4 is 0 Å². The molecule has 4 heteroatoms. The number of hydrogen-bond acceptors (Lipinski definition) is 3. The van der Waals surface area contributed by atoms with Gasteiger partial charge in [0.1, 0.15) is 11.5 Å². The smallest absolute Gasteiger partial charge is 0.116 e. The van der Waals surface area contributed by atoms with Crippen molar-refractivity contribution in [3.8, 4) is 22.8 Å². The molecule has 0 spiro atoms. The highest BCUT2D eigenvalue weighted by Crippen LogP contribution is 2.36. The molecule has 2 N–H and O–H groups in total. The third kappa shape index (κ3) is 5.38. The fourth-order valence-electron chi connectivity index (χ4n) is 5.53. The summed E-state index contributed by atoms with van der Waals surface area (Å²) in [4.78, 5) is 2.64. The van der Waals surface area contributed by atoms with Crippen molar-refractivity contribution in [1.82, 2.24) is 9.47 Å². The summed E-state index contributed by atoms with van der Waals surface area (Å²) in [6, 6.07) is 22.0. The summed E-state index contributed by atoms with van der Waals surface area (Å²) in [5, 5.41) is 20.9. The van der Waals surface area contributed by atoms with Crippen LogP contribution in [-0.2, 0) is 13.0 Å². The zero-order valence-corrected chi connectivity index (χ0v) is 20.7. The van der Waals surface area contributed by atoms with Crippen LogP contribution in [0.1, 0.15) is 48.8 Å². The first-order valence-electron chi connectivity index (χ1n) is 13.0. The largest absolute Gasteiger partial charge is 0.508 e. The Balaban J connectivity index is 1.35. The number of fused-ring (bicyclic) bond motifs is 1. The van der Waals surface area contributed by atoms with E-state index >= 15 is 0 Å². The second-order valence-corrected chi connectivity index (χ2v) is 9.98. The minimum Gasteiger partial charge on any atom is -0.508 e. The summed E-state index contributed by atoms with van der Waals surface area (Å²) in [6.45, 7) is 6.60. The number of benzene rings is 3. The van der Waals surface area contributed by atoms with Crippen molar-refractivity contribution < 1.29 is 10.2 Å². The lowest BCUT2D eigenvalue weighted by atomic mass is 10.1. The van der Waals surface area contributed by atoms with Crippen LogP contribution in [0.3, 0.4) is 0 Å². The molecule has 0 saturated carbocycles. The molecule has 4 nitrogen and oxygen atoms in total. The zero-order valence-electron chi connectivity index (χ0n) is 20.7. The van der Waals surface area contributed by atoms with E-state index in [4.69, 9.17) is 0 Å². The maximum Gasteiger partial charge on any atom is 0.116 e. The molecule has 0 radical (unpaired) electrons. The fraction of sp³-hybridized carbons (Fsp3) is 0.355. The van der Waals surface area contributed by atoms with Gasteiger partial charge in [-0.05, 0) is 117 Å². The van der Waals surface area contributed by atoms with Crippen molar-refractivity contribution in [1.29, 1.82) is 0 Å². The SMILES string of the molecule is Cc1c(-c2ccc(O)cc2)n(Cc2ccc(CCCN3CCCCCC3)cc2)c2ccc(O)cc12. The van der Waals surface area contributed by atoms with Crippen LogP contribution in [0, 0.1) is 6.92 Å². The van der Waals surface area contributed by atoms with Gasteiger partial charge in [-0.1, -0.05) is 37.1 Å². The molecule has 0 atom stereocenters. The lowest BCUT2D eigenvalue weighted by molar-refractivity contribution is 0.281. The summed E-state index contributed by atoms with van der Waals surface area (Å²) in [7, 11) is 0. The number of phenolic OH excluding ortho intramolecular Hbond substituents is 2. The predicted molar refractivity (Wildman–Crippen MR) is 144 cm³/mol. The van der Waals surface area contributed by atoms with Crippen molar-refractivity contribution in [2.24, 2.45) is 0 Å². The molecule has 1 aliphatic rings. The number of aromatic nitrogens is 1. The molecule has 0 bridgehead atoms. The van der Waals surface area contributed by atoms with E-state index in [1.165, 1.54) is 62.9 Å². The molecule has 0 amide bonds. The van der Waals surface area contributed by atoms with Crippen molar-refractivity contribution in [2.45, 2.75) is 52.0 Å². The topological polar surface area (TPSA) is 48.6 Å². The Labute approximate surface area is 208 Å². The molecule has 0 unspecified atom stereocenters. The number of aryl methyl sites for hydroxylation is 2. The maximum absolute atomic E-state index is 10.1. The van der Waals surface area contributed by atoms with Gasteiger partial charge in [-0.2, -0.15) is 0 Å². The van der Waals surface area contributed by atoms with Crippen LogP contribution >= 0.6 is 0 Å². The van der Waals surface area contributed by atoms with Gasteiger partial charge in [-0.25, -0.2) is 0 Å². The summed E-state index contributed by atoms with van der Waals surface area (Å²) < 4.78 is 2.32. The van der Waals surface area contributed by atoms with Gasteiger partial charge in [0.2, 0.25) is 0 Å². The van der Waals surface area contributed by atoms with E-state index in [-0.39, 0.29) is 11.5 Å². The second kappa shape index (κ2) is 10.6. The molecular formula is C31H36N2O2. The molecule has 5 rings (SSSR count). The molecule has 35 heavy (non-hydrogen) atoms. The minimum absolute atomic E-state index is 0.262. The highest BCUT2D eigenvalue weighted by atomic mass is 16.3. The first-order valence-corrected chi connectivity index (χ1v) is 13.0. The van der Waals surface area contributed by atoms with Crippen LogP contribution in [0.25, 0.3) is 22.2 Å². The van der Waals surface area contributed by atoms with Gasteiger partial charge < -0.3 is 19.7 Å². The molecule has 3 aromatic carbocycles. The van der Waals surface area contributed by atoms with E-state index in [2.05, 4.69) is 40.7 Å². The molecule has 2 heterocycles. The van der Waals surface area contributed by atoms with Crippen molar-refractivity contribution in [2.75, 3.05) is 19.6 Å². The third-order valence-corrected chi connectivity index (χ3v) is 7.44. The molecule has 182 valence electrons. The summed E-state index contributed by atoms with van der Waals surface area (Å²) >= 11 is 0. The minimum atomic E-state index is 0.262. The number of likely N-dealkylation sites (tertiary alicyclic amines) is 1. The van der Waals surface area contributed by atoms with E-state index in [0.29, 0.717) is 0 Å². The Bertz CT molecular complexity index is 1260. The normalized spacial score (nSPS) is 14.9. The molecule has 1 aliphatic heterocycles. The highest BCUT2D eigenvalue weighted by molar-refractivity contribution is 5.92. The standard InChI is InChI=1S/C31H36N2O2/c1-23-29-21-28(35)16-17-30(29)33(31(23)26-12-14-27(34)15-13-26)22-25-10-8-24(9-11-25)7-6-20-32-18-4-2-3-5-19-32/h8-17,21,34-35H,2-7,18-20,22H2,1H3. The van der Waals surface area contributed by atoms with Crippen molar-refractivity contribution in [3.63, 3.8) is 0 Å². The zero-order chi connectivity index (χ0) is 24.2. The number of rotatable bonds is 7. The first-order chi connectivity index (χ1) is 17.1. The van der Waals surface area contributed by atoms with E-state index in [1.807, 2.05) is 24.3 Å². The van der Waals surface area contributed by atoms with Crippen LogP contribution in [-0.4, -0.2) is 39.3 Å². The van der Waals surface area contributed by atoms with E-state index in [9.17, 15) is 10.2 Å². The van der Waals surface area contributed by atoms with Gasteiger partial charge >= 0.3 is 0 Å². The summed E-state index contributed by atoms with van der Waals surface area (Å²) in [5.74, 6) is 0.540. The Kier molecular flexibility index (Phi) is 7.10. The van der Waals surface area contributed by atoms with Gasteiger partial charge in [0.25, 0.3) is 0 Å². The van der Waals surface area contributed by atoms with Crippen LogP contribution in [0.15, 0.2) is 66.7 Å². The number of nitrogens with zero attached hydrogens (tertiary/aromatic N) is 2. The van der Waals surface area contributed by atoms with E-state index < -0.39 is 0 Å². The van der Waals surface area contributed by atoms with E-state index in [1.54, 1.807) is 18.2 Å². The summed E-state index contributed by atoms with van der Waals surface area (Å²) in [6.07, 6.45) is 7.84. The lowest BCUT2D eigenvalue weighted by Gasteiger charge is -2.19. The second-order valence-electron chi connectivity index (χ2n) is 9.98. The van der Waals surface area contributed by atoms with Gasteiger partial charge in [0.15, 0.2) is 0 Å². The van der Waals surface area contributed by atoms with Gasteiger partial charge in [0.05, 0.1) is 5.69 Å². The number of hydrogen-bond donors (Lipinski definition) is 2. The lowest BCUT2D eigenvalue weighted by Crippen LogP contribution is -2.26. The van der Waals surface area contributed by atoms with Crippen molar-refractivity contribution >= 4 is 10.9 Å². The maximum atomic E-state index is 10.1. The van der Waals surface area contributed by atoms with Crippen LogP contribution in [0.2, 0.25) is 0 Å². The highest BCUT2D eigenvalue weighted by Gasteiger charge is 2.17. The van der Waals surface area contributed by atoms with Gasteiger partial charge in [0, 0.05) is 17.4 Å². The fourth-order valence-corrected chi connectivity index (χ4v) is 5.53. The first kappa shape index (κ1) is 23.5. The Morgan fingerprint density at radius 3 is 2.11 bits per heavy atom. The van der Waals surface area contributed by atoms with Crippen LogP contribution in [0.5, 0.6) is 11.5 Å². The van der Waals surface area contributed by atoms with Crippen LogP contribution in [0.4, 0.5) is 0 Å². The van der Waals surface area contributed by atoms with Gasteiger partial charge in [-0.3, -0.25) is 0 Å². The van der Waals surface area contributed by atoms with Crippen molar-refractivity contribution in [3.05, 3.63) is 83.4 Å². The molecule has 1 fully saturated rings. The Hall–Kier alpha value is -3.24. The third-order valence-electron chi connectivity index (χ3n) is 7.44. The molecule has 1 aromatic heterocycles. The quantitative estimate of drug-likeness (QED) is 0.311. The predicted octanol–water partition coefficient (Wildman–Crippen LogP) is 6.88.